The first-order valence-corrected chi connectivity index (χ1v) is 13.9. The van der Waals surface area contributed by atoms with Crippen LogP contribution >= 0.6 is 23.2 Å². The quantitative estimate of drug-likeness (QED) is 0.222. The second kappa shape index (κ2) is 13.6. The number of rotatable bonds is 10. The van der Waals surface area contributed by atoms with Crippen LogP contribution in [-0.4, -0.2) is 33.7 Å². The van der Waals surface area contributed by atoms with Crippen molar-refractivity contribution in [3.8, 4) is 0 Å². The molecule has 4 rings (SSSR count). The zero-order valence-electron chi connectivity index (χ0n) is 21.5. The highest BCUT2D eigenvalue weighted by Crippen LogP contribution is 2.29. The van der Waals surface area contributed by atoms with Crippen molar-refractivity contribution < 1.29 is 14.5 Å². The number of amides is 2. The van der Waals surface area contributed by atoms with E-state index in [0.717, 1.165) is 37.7 Å². The number of nitrogens with zero attached hydrogens (tertiary/aromatic N) is 2. The standard InChI is InChI=1S/C30H31Cl2N3O4/c31-25-15-9-16-26(32)24(25)20-34(29(36)19-22-12-7-8-17-27(22)35(38)39)28(18-21-10-3-1-4-11-21)30(37)33-23-13-5-2-6-14-23/h1,3-4,7-12,15-17,23,28H,2,5-6,13-14,18-20H2,(H,33,37). The smallest absolute Gasteiger partial charge is 0.273 e. The van der Waals surface area contributed by atoms with Crippen LogP contribution in [0.25, 0.3) is 0 Å². The van der Waals surface area contributed by atoms with Gasteiger partial charge in [-0.3, -0.25) is 19.7 Å². The molecule has 0 spiro atoms. The van der Waals surface area contributed by atoms with Crippen molar-refractivity contribution in [3.05, 3.63) is 110 Å². The summed E-state index contributed by atoms with van der Waals surface area (Å²) in [4.78, 5) is 40.5. The van der Waals surface area contributed by atoms with Gasteiger partial charge in [0.2, 0.25) is 11.8 Å². The third-order valence-corrected chi connectivity index (χ3v) is 7.85. The molecule has 1 atom stereocenters. The predicted octanol–water partition coefficient (Wildman–Crippen LogP) is 6.53. The fourth-order valence-corrected chi connectivity index (χ4v) is 5.57. The molecule has 1 unspecified atom stereocenters. The molecule has 7 nitrogen and oxygen atoms in total. The number of halogens is 2. The Morgan fingerprint density at radius 2 is 1.56 bits per heavy atom. The first-order valence-electron chi connectivity index (χ1n) is 13.1. The summed E-state index contributed by atoms with van der Waals surface area (Å²) in [5.41, 5.74) is 1.53. The van der Waals surface area contributed by atoms with Gasteiger partial charge in [0.1, 0.15) is 6.04 Å². The minimum atomic E-state index is -0.878. The lowest BCUT2D eigenvalue weighted by Crippen LogP contribution is -2.53. The van der Waals surface area contributed by atoms with Gasteiger partial charge in [-0.1, -0.05) is 97.1 Å². The molecule has 0 heterocycles. The number of hydrogen-bond acceptors (Lipinski definition) is 4. The third-order valence-electron chi connectivity index (χ3n) is 7.14. The van der Waals surface area contributed by atoms with Crippen molar-refractivity contribution in [1.82, 2.24) is 10.2 Å². The van der Waals surface area contributed by atoms with Crippen LogP contribution in [0.5, 0.6) is 0 Å². The largest absolute Gasteiger partial charge is 0.352 e. The van der Waals surface area contributed by atoms with Gasteiger partial charge in [0, 0.05) is 46.2 Å². The van der Waals surface area contributed by atoms with E-state index in [0.29, 0.717) is 15.6 Å². The Kier molecular flexibility index (Phi) is 9.96. The van der Waals surface area contributed by atoms with E-state index in [1.165, 1.54) is 11.0 Å². The second-order valence-electron chi connectivity index (χ2n) is 9.83. The Balaban J connectivity index is 1.73. The van der Waals surface area contributed by atoms with Crippen LogP contribution in [0.1, 0.15) is 48.8 Å². The monoisotopic (exact) mass is 567 g/mol. The lowest BCUT2D eigenvalue weighted by molar-refractivity contribution is -0.385. The molecule has 0 radical (unpaired) electrons. The number of nitro benzene ring substituents is 1. The maximum atomic E-state index is 14.0. The number of hydrogen-bond donors (Lipinski definition) is 1. The number of benzene rings is 3. The summed E-state index contributed by atoms with van der Waals surface area (Å²) < 4.78 is 0. The van der Waals surface area contributed by atoms with Crippen LogP contribution in [0.4, 0.5) is 5.69 Å². The Bertz CT molecular complexity index is 1290. The summed E-state index contributed by atoms with van der Waals surface area (Å²) >= 11 is 13.0. The molecular formula is C30H31Cl2N3O4. The van der Waals surface area contributed by atoms with Crippen LogP contribution in [0.15, 0.2) is 72.8 Å². The SMILES string of the molecule is O=C(NC1CCCCC1)C(Cc1ccccc1)N(Cc1c(Cl)cccc1Cl)C(=O)Cc1ccccc1[N+](=O)[O-]. The van der Waals surface area contributed by atoms with Crippen LogP contribution in [-0.2, 0) is 29.0 Å². The van der Waals surface area contributed by atoms with E-state index in [1.807, 2.05) is 30.3 Å². The molecule has 1 fully saturated rings. The van der Waals surface area contributed by atoms with Crippen LogP contribution in [0, 0.1) is 10.1 Å². The summed E-state index contributed by atoms with van der Waals surface area (Å²) in [5, 5.41) is 15.6. The Hall–Kier alpha value is -3.42. The average Bonchev–Trinajstić information content (AvgIpc) is 2.93. The minimum absolute atomic E-state index is 0.0203. The van der Waals surface area contributed by atoms with Crippen molar-refractivity contribution in [3.63, 3.8) is 0 Å². The van der Waals surface area contributed by atoms with E-state index in [4.69, 9.17) is 23.2 Å². The predicted molar refractivity (Wildman–Crippen MR) is 153 cm³/mol. The van der Waals surface area contributed by atoms with Gasteiger partial charge in [0.05, 0.1) is 11.3 Å². The molecule has 0 aromatic heterocycles. The summed E-state index contributed by atoms with van der Waals surface area (Å²) in [5.74, 6) is -0.690. The molecular weight excluding hydrogens is 537 g/mol. The molecule has 1 N–H and O–H groups in total. The summed E-state index contributed by atoms with van der Waals surface area (Å²) in [6.07, 6.45) is 5.04. The average molecular weight is 569 g/mol. The van der Waals surface area contributed by atoms with Gasteiger partial charge in [0.25, 0.3) is 5.69 Å². The molecule has 204 valence electrons. The molecule has 1 aliphatic carbocycles. The lowest BCUT2D eigenvalue weighted by atomic mass is 9.94. The van der Waals surface area contributed by atoms with Gasteiger partial charge < -0.3 is 10.2 Å². The van der Waals surface area contributed by atoms with Gasteiger partial charge >= 0.3 is 0 Å². The highest BCUT2D eigenvalue weighted by atomic mass is 35.5. The first kappa shape index (κ1) is 28.6. The molecule has 39 heavy (non-hydrogen) atoms. The number of carbonyl (C=O) groups excluding carboxylic acids is 2. The van der Waals surface area contributed by atoms with E-state index < -0.39 is 16.9 Å². The normalized spacial score (nSPS) is 14.4. The van der Waals surface area contributed by atoms with E-state index in [2.05, 4.69) is 5.32 Å². The van der Waals surface area contributed by atoms with Gasteiger partial charge in [0.15, 0.2) is 0 Å². The number of nitro groups is 1. The Labute approximate surface area is 238 Å². The van der Waals surface area contributed by atoms with Gasteiger partial charge in [-0.15, -0.1) is 0 Å². The lowest BCUT2D eigenvalue weighted by Gasteiger charge is -2.34. The number of carbonyl (C=O) groups is 2. The van der Waals surface area contributed by atoms with Gasteiger partial charge in [-0.25, -0.2) is 0 Å². The van der Waals surface area contributed by atoms with Gasteiger partial charge in [-0.2, -0.15) is 0 Å². The Morgan fingerprint density at radius 3 is 2.23 bits per heavy atom. The first-order chi connectivity index (χ1) is 18.8. The number of para-hydroxylation sites is 1. The van der Waals surface area contributed by atoms with Crippen molar-refractivity contribution in [1.29, 1.82) is 0 Å². The summed E-state index contributed by atoms with van der Waals surface area (Å²) in [7, 11) is 0. The summed E-state index contributed by atoms with van der Waals surface area (Å²) in [6, 6.07) is 19.9. The topological polar surface area (TPSA) is 92.6 Å². The van der Waals surface area contributed by atoms with E-state index in [-0.39, 0.29) is 42.6 Å². The molecule has 0 saturated heterocycles. The highest BCUT2D eigenvalue weighted by Gasteiger charge is 2.33. The maximum Gasteiger partial charge on any atom is 0.273 e. The van der Waals surface area contributed by atoms with Crippen molar-refractivity contribution >= 4 is 40.7 Å². The molecule has 3 aromatic carbocycles. The van der Waals surface area contributed by atoms with Crippen LogP contribution in [0.3, 0.4) is 0 Å². The molecule has 3 aromatic rings. The maximum absolute atomic E-state index is 14.0. The van der Waals surface area contributed by atoms with E-state index in [1.54, 1.807) is 36.4 Å². The molecule has 9 heteroatoms. The zero-order chi connectivity index (χ0) is 27.8. The molecule has 2 amide bonds. The molecule has 1 aliphatic rings. The zero-order valence-corrected chi connectivity index (χ0v) is 23.0. The van der Waals surface area contributed by atoms with E-state index in [9.17, 15) is 19.7 Å². The molecule has 1 saturated carbocycles. The second-order valence-corrected chi connectivity index (χ2v) is 10.6. The fourth-order valence-electron chi connectivity index (χ4n) is 5.05. The van der Waals surface area contributed by atoms with Crippen LogP contribution in [0.2, 0.25) is 10.0 Å². The molecule has 0 bridgehead atoms. The van der Waals surface area contributed by atoms with Crippen molar-refractivity contribution in [2.75, 3.05) is 0 Å². The Morgan fingerprint density at radius 1 is 0.923 bits per heavy atom. The summed E-state index contributed by atoms with van der Waals surface area (Å²) in [6.45, 7) is -0.0203. The minimum Gasteiger partial charge on any atom is -0.352 e. The fraction of sp³-hybridized carbons (Fsp3) is 0.333. The van der Waals surface area contributed by atoms with Crippen molar-refractivity contribution in [2.45, 2.75) is 63.6 Å². The van der Waals surface area contributed by atoms with E-state index >= 15 is 0 Å². The van der Waals surface area contributed by atoms with Crippen molar-refractivity contribution in [2.24, 2.45) is 0 Å². The van der Waals surface area contributed by atoms with Crippen LogP contribution < -0.4 is 5.32 Å². The highest BCUT2D eigenvalue weighted by molar-refractivity contribution is 6.36. The van der Waals surface area contributed by atoms with Gasteiger partial charge in [-0.05, 0) is 30.5 Å². The number of nitrogens with one attached hydrogen (secondary N) is 1. The third kappa shape index (κ3) is 7.58. The molecule has 0 aliphatic heterocycles.